The number of hydrogen-bond acceptors (Lipinski definition) is 3. The van der Waals surface area contributed by atoms with Crippen molar-refractivity contribution in [3.8, 4) is 0 Å². The molecule has 0 unspecified atom stereocenters. The zero-order valence-electron chi connectivity index (χ0n) is 6.52. The van der Waals surface area contributed by atoms with Crippen LogP contribution in [0.1, 0.15) is 5.56 Å². The normalized spacial score (nSPS) is 11.6. The lowest BCUT2D eigenvalue weighted by Gasteiger charge is -2.12. The Hall–Kier alpha value is -1.59. The molecule has 0 aliphatic rings. The third-order valence-electron chi connectivity index (χ3n) is 1.54. The van der Waals surface area contributed by atoms with Gasteiger partial charge in [-0.05, 0) is 12.1 Å². The molecule has 3 nitrogen and oxygen atoms in total. The summed E-state index contributed by atoms with van der Waals surface area (Å²) in [7, 11) is 0. The van der Waals surface area contributed by atoms with Crippen LogP contribution < -0.4 is 17.2 Å². The van der Waals surface area contributed by atoms with Crippen LogP contribution in [-0.4, -0.2) is 0 Å². The number of alkyl halides is 3. The second kappa shape index (κ2) is 2.72. The van der Waals surface area contributed by atoms with Gasteiger partial charge in [-0.3, -0.25) is 0 Å². The Bertz CT molecular complexity index is 332. The molecule has 0 saturated carbocycles. The Labute approximate surface area is 72.3 Å². The van der Waals surface area contributed by atoms with Crippen molar-refractivity contribution in [3.05, 3.63) is 17.7 Å². The maximum atomic E-state index is 12.2. The minimum Gasteiger partial charge on any atom is -0.399 e. The number of hydrogen-bond donors (Lipinski definition) is 3. The largest absolute Gasteiger partial charge is 0.418 e. The average molecular weight is 191 g/mol. The molecule has 0 saturated heterocycles. The summed E-state index contributed by atoms with van der Waals surface area (Å²) in [6.45, 7) is 0. The van der Waals surface area contributed by atoms with E-state index < -0.39 is 17.4 Å². The predicted molar refractivity (Wildman–Crippen MR) is 44.7 cm³/mol. The molecule has 0 radical (unpaired) electrons. The number of halogens is 3. The molecular weight excluding hydrogens is 183 g/mol. The first kappa shape index (κ1) is 9.50. The molecule has 0 atom stereocenters. The quantitative estimate of drug-likeness (QED) is 0.543. The maximum Gasteiger partial charge on any atom is 0.418 e. The van der Waals surface area contributed by atoms with E-state index in [1.165, 1.54) is 6.07 Å². The van der Waals surface area contributed by atoms with Gasteiger partial charge in [0, 0.05) is 5.69 Å². The minimum absolute atomic E-state index is 0.0565. The summed E-state index contributed by atoms with van der Waals surface area (Å²) in [5, 5.41) is 0. The lowest BCUT2D eigenvalue weighted by Crippen LogP contribution is -2.11. The molecule has 0 aliphatic heterocycles. The molecule has 0 fully saturated rings. The maximum absolute atomic E-state index is 12.2. The highest BCUT2D eigenvalue weighted by molar-refractivity contribution is 5.73. The number of nitrogens with two attached hydrogens (primary N) is 3. The number of anilines is 3. The molecule has 0 bridgehead atoms. The Morgan fingerprint density at radius 3 is 2.00 bits per heavy atom. The van der Waals surface area contributed by atoms with Gasteiger partial charge in [0.05, 0.1) is 16.9 Å². The van der Waals surface area contributed by atoms with E-state index in [9.17, 15) is 13.2 Å². The number of benzene rings is 1. The van der Waals surface area contributed by atoms with E-state index >= 15 is 0 Å². The number of rotatable bonds is 0. The van der Waals surface area contributed by atoms with Gasteiger partial charge >= 0.3 is 6.18 Å². The molecule has 1 rings (SSSR count). The van der Waals surface area contributed by atoms with Gasteiger partial charge in [0.1, 0.15) is 0 Å². The predicted octanol–water partition coefficient (Wildman–Crippen LogP) is 1.45. The lowest BCUT2D eigenvalue weighted by atomic mass is 10.1. The number of nitrogen functional groups attached to an aromatic ring is 3. The molecule has 0 aromatic heterocycles. The van der Waals surface area contributed by atoms with E-state index in [0.29, 0.717) is 0 Å². The second-order valence-corrected chi connectivity index (χ2v) is 2.57. The van der Waals surface area contributed by atoms with Crippen LogP contribution in [0.2, 0.25) is 0 Å². The summed E-state index contributed by atoms with van der Waals surface area (Å²) in [5.74, 6) is 0. The van der Waals surface area contributed by atoms with E-state index in [1.54, 1.807) is 0 Å². The van der Waals surface area contributed by atoms with Crippen LogP contribution >= 0.6 is 0 Å². The van der Waals surface area contributed by atoms with Gasteiger partial charge in [-0.25, -0.2) is 0 Å². The molecule has 6 heteroatoms. The monoisotopic (exact) mass is 191 g/mol. The summed E-state index contributed by atoms with van der Waals surface area (Å²) < 4.78 is 36.7. The van der Waals surface area contributed by atoms with Crippen molar-refractivity contribution in [1.29, 1.82) is 0 Å². The second-order valence-electron chi connectivity index (χ2n) is 2.57. The van der Waals surface area contributed by atoms with Crippen molar-refractivity contribution in [2.45, 2.75) is 6.18 Å². The van der Waals surface area contributed by atoms with E-state index in [2.05, 4.69) is 0 Å². The molecule has 1 aromatic carbocycles. The van der Waals surface area contributed by atoms with Gasteiger partial charge in [-0.2, -0.15) is 13.2 Å². The first-order chi connectivity index (χ1) is 5.82. The first-order valence-corrected chi connectivity index (χ1v) is 3.34. The van der Waals surface area contributed by atoms with Crippen molar-refractivity contribution in [1.82, 2.24) is 0 Å². The molecular formula is C7H8F3N3. The summed E-state index contributed by atoms with van der Waals surface area (Å²) >= 11 is 0. The molecule has 1 aromatic rings. The molecule has 0 heterocycles. The van der Waals surface area contributed by atoms with E-state index in [0.717, 1.165) is 6.07 Å². The van der Waals surface area contributed by atoms with Gasteiger partial charge in [0.15, 0.2) is 0 Å². The van der Waals surface area contributed by atoms with E-state index in [-0.39, 0.29) is 11.4 Å². The molecule has 0 amide bonds. The molecule has 0 spiro atoms. The molecule has 0 aliphatic carbocycles. The van der Waals surface area contributed by atoms with E-state index in [1.807, 2.05) is 0 Å². The molecule has 6 N–H and O–H groups in total. The van der Waals surface area contributed by atoms with Crippen LogP contribution in [0.4, 0.5) is 30.2 Å². The van der Waals surface area contributed by atoms with Crippen LogP contribution in [0.15, 0.2) is 12.1 Å². The van der Waals surface area contributed by atoms with Crippen LogP contribution in [0.25, 0.3) is 0 Å². The zero-order chi connectivity index (χ0) is 10.2. The highest BCUT2D eigenvalue weighted by Crippen LogP contribution is 2.37. The third-order valence-corrected chi connectivity index (χ3v) is 1.54. The van der Waals surface area contributed by atoms with E-state index in [4.69, 9.17) is 17.2 Å². The van der Waals surface area contributed by atoms with Gasteiger partial charge in [0.25, 0.3) is 0 Å². The van der Waals surface area contributed by atoms with Crippen molar-refractivity contribution in [3.63, 3.8) is 0 Å². The van der Waals surface area contributed by atoms with Gasteiger partial charge in [-0.15, -0.1) is 0 Å². The summed E-state index contributed by atoms with van der Waals surface area (Å²) in [5.41, 5.74) is 13.8. The van der Waals surface area contributed by atoms with Crippen molar-refractivity contribution in [2.75, 3.05) is 17.2 Å². The fraction of sp³-hybridized carbons (Fsp3) is 0.143. The Morgan fingerprint density at radius 1 is 1.00 bits per heavy atom. The zero-order valence-corrected chi connectivity index (χ0v) is 6.52. The summed E-state index contributed by atoms with van der Waals surface area (Å²) in [6, 6.07) is 1.94. The molecule has 72 valence electrons. The van der Waals surface area contributed by atoms with Crippen molar-refractivity contribution in [2.24, 2.45) is 0 Å². The van der Waals surface area contributed by atoms with Crippen LogP contribution in [0.5, 0.6) is 0 Å². The fourth-order valence-electron chi connectivity index (χ4n) is 0.933. The van der Waals surface area contributed by atoms with Gasteiger partial charge in [-0.1, -0.05) is 0 Å². The first-order valence-electron chi connectivity index (χ1n) is 3.34. The lowest BCUT2D eigenvalue weighted by molar-refractivity contribution is -0.136. The highest BCUT2D eigenvalue weighted by atomic mass is 19.4. The topological polar surface area (TPSA) is 78.1 Å². The summed E-state index contributed by atoms with van der Waals surface area (Å²) in [4.78, 5) is 0. The van der Waals surface area contributed by atoms with Crippen LogP contribution in [0.3, 0.4) is 0 Å². The Morgan fingerprint density at radius 2 is 1.54 bits per heavy atom. The van der Waals surface area contributed by atoms with Crippen LogP contribution in [-0.2, 0) is 6.18 Å². The smallest absolute Gasteiger partial charge is 0.399 e. The Balaban J connectivity index is 3.37. The van der Waals surface area contributed by atoms with Crippen molar-refractivity contribution >= 4 is 17.1 Å². The Kier molecular flexibility index (Phi) is 1.99. The van der Waals surface area contributed by atoms with Gasteiger partial charge < -0.3 is 17.2 Å². The van der Waals surface area contributed by atoms with Gasteiger partial charge in [0.2, 0.25) is 0 Å². The van der Waals surface area contributed by atoms with Crippen LogP contribution in [0, 0.1) is 0 Å². The standard InChI is InChI=1S/C7H8F3N3/c8-7(9,10)4-1-3(11)2-5(12)6(4)13/h1-2H,11-13H2. The fourth-order valence-corrected chi connectivity index (χ4v) is 0.933. The summed E-state index contributed by atoms with van der Waals surface area (Å²) in [6.07, 6.45) is -4.52. The SMILES string of the molecule is Nc1cc(N)c(N)c(C(F)(F)F)c1. The molecule has 13 heavy (non-hydrogen) atoms. The van der Waals surface area contributed by atoms with Crippen molar-refractivity contribution < 1.29 is 13.2 Å². The highest BCUT2D eigenvalue weighted by Gasteiger charge is 2.33. The average Bonchev–Trinajstić information content (AvgIpc) is 1.94. The third kappa shape index (κ3) is 1.77. The minimum atomic E-state index is -4.52.